The van der Waals surface area contributed by atoms with E-state index in [4.69, 9.17) is 27.9 Å². The van der Waals surface area contributed by atoms with E-state index in [0.717, 1.165) is 0 Å². The van der Waals surface area contributed by atoms with Gasteiger partial charge < -0.3 is 10.1 Å². The number of ether oxygens (including phenoxy) is 1. The Labute approximate surface area is 140 Å². The van der Waals surface area contributed by atoms with Crippen LogP contribution >= 0.6 is 23.2 Å². The van der Waals surface area contributed by atoms with E-state index in [2.05, 4.69) is 19.2 Å². The molecule has 0 spiro atoms. The van der Waals surface area contributed by atoms with Gasteiger partial charge in [0.1, 0.15) is 5.75 Å². The molecular weight excluding hydrogens is 321 g/mol. The molecule has 0 saturated heterocycles. The molecule has 2 aromatic rings. The van der Waals surface area contributed by atoms with Crippen molar-refractivity contribution < 1.29 is 9.53 Å². The van der Waals surface area contributed by atoms with Crippen molar-refractivity contribution in [3.63, 3.8) is 0 Å². The van der Waals surface area contributed by atoms with Gasteiger partial charge in [0.25, 0.3) is 5.91 Å². The first-order valence-corrected chi connectivity index (χ1v) is 7.71. The molecule has 0 aliphatic carbocycles. The van der Waals surface area contributed by atoms with Crippen molar-refractivity contribution in [2.75, 3.05) is 11.9 Å². The molecule has 5 heteroatoms. The van der Waals surface area contributed by atoms with Crippen LogP contribution < -0.4 is 10.1 Å². The minimum absolute atomic E-state index is 0.326. The SMILES string of the molecule is CC(C)COc1ccc(Cl)c(C(=O)Nc2ccccc2Cl)c1. The van der Waals surface area contributed by atoms with Crippen LogP contribution in [0.1, 0.15) is 24.2 Å². The normalized spacial score (nSPS) is 10.6. The number of para-hydroxylation sites is 1. The molecule has 0 bridgehead atoms. The van der Waals surface area contributed by atoms with Crippen LogP contribution in [0, 0.1) is 5.92 Å². The second-order valence-electron chi connectivity index (χ2n) is 5.28. The van der Waals surface area contributed by atoms with Gasteiger partial charge in [-0.05, 0) is 36.2 Å². The molecule has 1 N–H and O–H groups in total. The Bertz CT molecular complexity index is 671. The van der Waals surface area contributed by atoms with Crippen molar-refractivity contribution in [2.45, 2.75) is 13.8 Å². The Balaban J connectivity index is 2.18. The summed E-state index contributed by atoms with van der Waals surface area (Å²) in [6.07, 6.45) is 0. The number of hydrogen-bond donors (Lipinski definition) is 1. The standard InChI is InChI=1S/C17H17Cl2NO2/c1-11(2)10-22-12-7-8-14(18)13(9-12)17(21)20-16-6-4-3-5-15(16)19/h3-9,11H,10H2,1-2H3,(H,20,21). The van der Waals surface area contributed by atoms with Gasteiger partial charge in [-0.15, -0.1) is 0 Å². The number of anilines is 1. The lowest BCUT2D eigenvalue weighted by Crippen LogP contribution is -2.13. The maximum absolute atomic E-state index is 12.4. The average Bonchev–Trinajstić information content (AvgIpc) is 2.48. The van der Waals surface area contributed by atoms with Crippen molar-refractivity contribution in [1.82, 2.24) is 0 Å². The van der Waals surface area contributed by atoms with E-state index in [1.165, 1.54) is 0 Å². The summed E-state index contributed by atoms with van der Waals surface area (Å²) in [6, 6.07) is 12.1. The van der Waals surface area contributed by atoms with Gasteiger partial charge in [-0.1, -0.05) is 49.2 Å². The minimum atomic E-state index is -0.326. The number of hydrogen-bond acceptors (Lipinski definition) is 2. The molecule has 0 aliphatic heterocycles. The van der Waals surface area contributed by atoms with Gasteiger partial charge in [-0.3, -0.25) is 4.79 Å². The highest BCUT2D eigenvalue weighted by Gasteiger charge is 2.13. The molecule has 0 atom stereocenters. The third-order valence-corrected chi connectivity index (χ3v) is 3.55. The Hall–Kier alpha value is -1.71. The highest BCUT2D eigenvalue weighted by molar-refractivity contribution is 6.36. The molecule has 1 amide bonds. The van der Waals surface area contributed by atoms with Crippen LogP contribution in [0.4, 0.5) is 5.69 Å². The molecular formula is C17H17Cl2NO2. The van der Waals surface area contributed by atoms with Gasteiger partial charge in [0.05, 0.1) is 27.9 Å². The van der Waals surface area contributed by atoms with Gasteiger partial charge in [-0.25, -0.2) is 0 Å². The molecule has 0 saturated carbocycles. The summed E-state index contributed by atoms with van der Waals surface area (Å²) in [5.74, 6) is 0.687. The highest BCUT2D eigenvalue weighted by Crippen LogP contribution is 2.26. The topological polar surface area (TPSA) is 38.3 Å². The lowest BCUT2D eigenvalue weighted by molar-refractivity contribution is 0.102. The zero-order valence-electron chi connectivity index (χ0n) is 12.4. The summed E-state index contributed by atoms with van der Waals surface area (Å²) in [5.41, 5.74) is 0.890. The van der Waals surface area contributed by atoms with Gasteiger partial charge in [0.2, 0.25) is 0 Å². The number of nitrogens with one attached hydrogen (secondary N) is 1. The van der Waals surface area contributed by atoms with Crippen LogP contribution in [-0.2, 0) is 0 Å². The maximum Gasteiger partial charge on any atom is 0.257 e. The number of amides is 1. The Kier molecular flexibility index (Phi) is 5.69. The summed E-state index contributed by atoms with van der Waals surface area (Å²) in [6.45, 7) is 4.69. The van der Waals surface area contributed by atoms with Crippen LogP contribution in [0.15, 0.2) is 42.5 Å². The lowest BCUT2D eigenvalue weighted by atomic mass is 10.2. The molecule has 2 aromatic carbocycles. The molecule has 0 heterocycles. The van der Waals surface area contributed by atoms with Gasteiger partial charge in [0, 0.05) is 0 Å². The Morgan fingerprint density at radius 1 is 1.14 bits per heavy atom. The van der Waals surface area contributed by atoms with E-state index in [0.29, 0.717) is 39.6 Å². The number of rotatable bonds is 5. The third-order valence-electron chi connectivity index (χ3n) is 2.89. The summed E-state index contributed by atoms with van der Waals surface area (Å²) in [5, 5.41) is 3.58. The van der Waals surface area contributed by atoms with Crippen molar-refractivity contribution >= 4 is 34.8 Å². The van der Waals surface area contributed by atoms with Crippen molar-refractivity contribution in [1.29, 1.82) is 0 Å². The molecule has 0 radical (unpaired) electrons. The quantitative estimate of drug-likeness (QED) is 0.805. The first-order chi connectivity index (χ1) is 10.5. The first-order valence-electron chi connectivity index (χ1n) is 6.95. The number of carbonyl (C=O) groups excluding carboxylic acids is 1. The van der Waals surface area contributed by atoms with Gasteiger partial charge >= 0.3 is 0 Å². The van der Waals surface area contributed by atoms with Crippen molar-refractivity contribution in [3.8, 4) is 5.75 Å². The first kappa shape index (κ1) is 16.7. The van der Waals surface area contributed by atoms with Crippen molar-refractivity contribution in [2.24, 2.45) is 5.92 Å². The zero-order chi connectivity index (χ0) is 16.1. The average molecular weight is 338 g/mol. The molecule has 22 heavy (non-hydrogen) atoms. The summed E-state index contributed by atoms with van der Waals surface area (Å²) < 4.78 is 5.62. The number of benzene rings is 2. The Morgan fingerprint density at radius 3 is 2.55 bits per heavy atom. The predicted octanol–water partition coefficient (Wildman–Crippen LogP) is 5.28. The van der Waals surface area contributed by atoms with Crippen LogP contribution in [0.2, 0.25) is 10.0 Å². The molecule has 116 valence electrons. The number of carbonyl (C=O) groups is 1. The van der Waals surface area contributed by atoms with E-state index in [1.807, 2.05) is 0 Å². The molecule has 2 rings (SSSR count). The fourth-order valence-corrected chi connectivity index (χ4v) is 2.17. The predicted molar refractivity (Wildman–Crippen MR) is 91.2 cm³/mol. The molecule has 0 aliphatic rings. The summed E-state index contributed by atoms with van der Waals surface area (Å²) in [7, 11) is 0. The fraction of sp³-hybridized carbons (Fsp3) is 0.235. The molecule has 3 nitrogen and oxygen atoms in total. The fourth-order valence-electron chi connectivity index (χ4n) is 1.78. The van der Waals surface area contributed by atoms with E-state index >= 15 is 0 Å². The Morgan fingerprint density at radius 2 is 1.86 bits per heavy atom. The van der Waals surface area contributed by atoms with Crippen LogP contribution in [0.3, 0.4) is 0 Å². The van der Waals surface area contributed by atoms with E-state index in [9.17, 15) is 4.79 Å². The molecule has 0 aromatic heterocycles. The monoisotopic (exact) mass is 337 g/mol. The largest absolute Gasteiger partial charge is 0.493 e. The third kappa shape index (κ3) is 4.39. The molecule has 0 unspecified atom stereocenters. The van der Waals surface area contributed by atoms with E-state index < -0.39 is 0 Å². The van der Waals surface area contributed by atoms with Crippen LogP contribution in [-0.4, -0.2) is 12.5 Å². The summed E-state index contributed by atoms with van der Waals surface area (Å²) in [4.78, 5) is 12.4. The second kappa shape index (κ2) is 7.52. The highest BCUT2D eigenvalue weighted by atomic mass is 35.5. The van der Waals surface area contributed by atoms with Gasteiger partial charge in [0.15, 0.2) is 0 Å². The number of halogens is 2. The van der Waals surface area contributed by atoms with Crippen LogP contribution in [0.5, 0.6) is 5.75 Å². The van der Waals surface area contributed by atoms with Gasteiger partial charge in [-0.2, -0.15) is 0 Å². The minimum Gasteiger partial charge on any atom is -0.493 e. The maximum atomic E-state index is 12.4. The van der Waals surface area contributed by atoms with E-state index in [-0.39, 0.29) is 5.91 Å². The lowest BCUT2D eigenvalue weighted by Gasteiger charge is -2.12. The molecule has 0 fully saturated rings. The van der Waals surface area contributed by atoms with E-state index in [1.54, 1.807) is 42.5 Å². The second-order valence-corrected chi connectivity index (χ2v) is 6.09. The smallest absolute Gasteiger partial charge is 0.257 e. The van der Waals surface area contributed by atoms with Crippen molar-refractivity contribution in [3.05, 3.63) is 58.1 Å². The summed E-state index contributed by atoms with van der Waals surface area (Å²) >= 11 is 12.1. The van der Waals surface area contributed by atoms with Crippen LogP contribution in [0.25, 0.3) is 0 Å². The zero-order valence-corrected chi connectivity index (χ0v) is 13.9.